The molecular formula is C59H100NO8P. The number of likely N-dealkylation sites (N-methyl/N-ethyl adjacent to an activating group) is 1. The lowest BCUT2D eigenvalue weighted by atomic mass is 10.1. The average molecular weight is 982 g/mol. The van der Waals surface area contributed by atoms with Crippen molar-refractivity contribution in [1.29, 1.82) is 0 Å². The first-order valence-corrected chi connectivity index (χ1v) is 28.6. The van der Waals surface area contributed by atoms with Crippen molar-refractivity contribution in [2.45, 2.75) is 206 Å². The maximum absolute atomic E-state index is 12.8. The number of carbonyl (C=O) groups excluding carboxylic acids is 2. The third-order valence-corrected chi connectivity index (χ3v) is 12.0. The van der Waals surface area contributed by atoms with Gasteiger partial charge in [0.05, 0.1) is 27.7 Å². The molecule has 0 saturated heterocycles. The van der Waals surface area contributed by atoms with E-state index in [0.717, 1.165) is 109 Å². The van der Waals surface area contributed by atoms with Crippen LogP contribution in [0.5, 0.6) is 0 Å². The molecule has 0 rings (SSSR count). The van der Waals surface area contributed by atoms with Gasteiger partial charge in [-0.3, -0.25) is 14.2 Å². The number of allylic oxidation sites excluding steroid dienone is 18. The molecule has 2 atom stereocenters. The van der Waals surface area contributed by atoms with E-state index < -0.39 is 32.5 Å². The molecular weight excluding hydrogens is 882 g/mol. The predicted octanol–water partition coefficient (Wildman–Crippen LogP) is 16.0. The van der Waals surface area contributed by atoms with Crippen molar-refractivity contribution in [3.63, 3.8) is 0 Å². The van der Waals surface area contributed by atoms with Crippen molar-refractivity contribution in [3.8, 4) is 0 Å². The quantitative estimate of drug-likeness (QED) is 0.0195. The average Bonchev–Trinajstić information content (AvgIpc) is 3.31. The molecule has 394 valence electrons. The Balaban J connectivity index is 4.31. The number of quaternary nitrogens is 1. The number of phosphoric ester groups is 1. The Labute approximate surface area is 423 Å². The summed E-state index contributed by atoms with van der Waals surface area (Å²) in [6.07, 6.45) is 68.4. The molecule has 69 heavy (non-hydrogen) atoms. The van der Waals surface area contributed by atoms with Gasteiger partial charge in [-0.05, 0) is 103 Å². The van der Waals surface area contributed by atoms with E-state index in [2.05, 4.69) is 123 Å². The first-order valence-electron chi connectivity index (χ1n) is 27.1. The van der Waals surface area contributed by atoms with Gasteiger partial charge in [0.2, 0.25) is 0 Å². The Morgan fingerprint density at radius 2 is 0.826 bits per heavy atom. The SMILES string of the molecule is CC/C=C\C/C=C\C/C=C\C/C=C\C/C=C\C/C=C\C/C=C\C/C=C\CCCCCCC(=O)OC(COC(=O)CCCCCCC/C=C\CCCCCCCCC)COP(=O)([O-])OCC[N+](C)(C)C. The fourth-order valence-electron chi connectivity index (χ4n) is 6.84. The third-order valence-electron chi connectivity index (χ3n) is 11.0. The molecule has 0 aromatic heterocycles. The minimum absolute atomic E-state index is 0.0434. The normalized spacial score (nSPS) is 14.2. The second-order valence-electron chi connectivity index (χ2n) is 18.9. The third kappa shape index (κ3) is 53.9. The van der Waals surface area contributed by atoms with Crippen LogP contribution in [0.15, 0.2) is 109 Å². The number of carbonyl (C=O) groups is 2. The highest BCUT2D eigenvalue weighted by molar-refractivity contribution is 7.45. The van der Waals surface area contributed by atoms with E-state index in [1.807, 2.05) is 21.1 Å². The molecule has 0 aliphatic heterocycles. The summed E-state index contributed by atoms with van der Waals surface area (Å²) < 4.78 is 34.0. The van der Waals surface area contributed by atoms with Gasteiger partial charge in [0.1, 0.15) is 19.8 Å². The van der Waals surface area contributed by atoms with Crippen molar-refractivity contribution >= 4 is 19.8 Å². The monoisotopic (exact) mass is 982 g/mol. The molecule has 0 N–H and O–H groups in total. The zero-order valence-corrected chi connectivity index (χ0v) is 45.4. The number of phosphoric acid groups is 1. The Morgan fingerprint density at radius 1 is 0.464 bits per heavy atom. The van der Waals surface area contributed by atoms with Crippen LogP contribution in [0.3, 0.4) is 0 Å². The van der Waals surface area contributed by atoms with Gasteiger partial charge in [0.15, 0.2) is 6.10 Å². The topological polar surface area (TPSA) is 111 Å². The largest absolute Gasteiger partial charge is 0.756 e. The second-order valence-corrected chi connectivity index (χ2v) is 20.3. The molecule has 2 unspecified atom stereocenters. The number of hydrogen-bond donors (Lipinski definition) is 0. The molecule has 10 heteroatoms. The van der Waals surface area contributed by atoms with E-state index in [1.54, 1.807) is 0 Å². The molecule has 0 aliphatic carbocycles. The summed E-state index contributed by atoms with van der Waals surface area (Å²) in [5.74, 6) is -0.880. The van der Waals surface area contributed by atoms with Gasteiger partial charge in [-0.1, -0.05) is 194 Å². The highest BCUT2D eigenvalue weighted by atomic mass is 31.2. The standard InChI is InChI=1S/C59H100NO8P/c1-6-8-10-12-14-16-18-20-22-24-25-26-27-28-29-30-31-32-33-34-35-36-38-40-42-44-46-48-50-52-59(62)68-57(56-67-69(63,64)66-54-53-60(3,4)5)55-65-58(61)51-49-47-45-43-41-39-37-23-21-19-17-15-13-11-9-7-2/h8,10,14,16,20,22-23,25-26,28-29,31-32,34-35,37-38,40,57H,6-7,9,11-13,15,17-19,21,24,27,30,33,36,39,41-56H2,1-5H3/b10-8-,16-14-,22-20-,26-25-,29-28-,32-31-,35-34-,37-23-,40-38-. The molecule has 0 radical (unpaired) electrons. The lowest BCUT2D eigenvalue weighted by molar-refractivity contribution is -0.870. The van der Waals surface area contributed by atoms with Crippen molar-refractivity contribution in [2.75, 3.05) is 47.5 Å². The van der Waals surface area contributed by atoms with E-state index >= 15 is 0 Å². The van der Waals surface area contributed by atoms with Crippen molar-refractivity contribution < 1.29 is 42.1 Å². The Bertz CT molecular complexity index is 1530. The number of hydrogen-bond acceptors (Lipinski definition) is 8. The number of nitrogens with zero attached hydrogens (tertiary/aromatic N) is 1. The van der Waals surface area contributed by atoms with Crippen LogP contribution in [0.1, 0.15) is 200 Å². The second kappa shape index (κ2) is 49.6. The van der Waals surface area contributed by atoms with Crippen LogP contribution in [-0.4, -0.2) is 70.0 Å². The molecule has 0 aromatic rings. The summed E-state index contributed by atoms with van der Waals surface area (Å²) in [7, 11) is 1.13. The van der Waals surface area contributed by atoms with Crippen LogP contribution in [0.2, 0.25) is 0 Å². The highest BCUT2D eigenvalue weighted by Crippen LogP contribution is 2.38. The molecule has 0 saturated carbocycles. The molecule has 0 spiro atoms. The lowest BCUT2D eigenvalue weighted by Crippen LogP contribution is -2.37. The van der Waals surface area contributed by atoms with Crippen LogP contribution >= 0.6 is 7.82 Å². The predicted molar refractivity (Wildman–Crippen MR) is 291 cm³/mol. The Hall–Kier alpha value is -3.33. The molecule has 9 nitrogen and oxygen atoms in total. The van der Waals surface area contributed by atoms with Gasteiger partial charge in [-0.25, -0.2) is 0 Å². The minimum Gasteiger partial charge on any atom is -0.756 e. The molecule has 0 amide bonds. The first-order chi connectivity index (χ1) is 33.5. The van der Waals surface area contributed by atoms with E-state index in [1.165, 1.54) is 51.4 Å². The van der Waals surface area contributed by atoms with Crippen LogP contribution in [-0.2, 0) is 32.7 Å². The van der Waals surface area contributed by atoms with Crippen molar-refractivity contribution in [2.24, 2.45) is 0 Å². The summed E-state index contributed by atoms with van der Waals surface area (Å²) in [5.41, 5.74) is 0. The van der Waals surface area contributed by atoms with Crippen LogP contribution < -0.4 is 4.89 Å². The molecule has 0 heterocycles. The lowest BCUT2D eigenvalue weighted by Gasteiger charge is -2.28. The molecule has 0 bridgehead atoms. The zero-order chi connectivity index (χ0) is 50.6. The van der Waals surface area contributed by atoms with Gasteiger partial charge < -0.3 is 27.9 Å². The number of esters is 2. The summed E-state index contributed by atoms with van der Waals surface area (Å²) in [6, 6.07) is 0. The fraction of sp³-hybridized carbons (Fsp3) is 0.661. The Kier molecular flexibility index (Phi) is 47.2. The van der Waals surface area contributed by atoms with Crippen LogP contribution in [0.4, 0.5) is 0 Å². The minimum atomic E-state index is -4.65. The Morgan fingerprint density at radius 3 is 1.25 bits per heavy atom. The molecule has 0 aliphatic rings. The van der Waals surface area contributed by atoms with Crippen molar-refractivity contribution in [1.82, 2.24) is 0 Å². The van der Waals surface area contributed by atoms with E-state index in [0.29, 0.717) is 23.9 Å². The number of rotatable bonds is 48. The van der Waals surface area contributed by atoms with Gasteiger partial charge in [-0.2, -0.15) is 0 Å². The van der Waals surface area contributed by atoms with Gasteiger partial charge in [0.25, 0.3) is 7.82 Å². The van der Waals surface area contributed by atoms with E-state index in [9.17, 15) is 19.0 Å². The molecule has 0 aromatic carbocycles. The molecule has 0 fully saturated rings. The van der Waals surface area contributed by atoms with Crippen molar-refractivity contribution in [3.05, 3.63) is 109 Å². The van der Waals surface area contributed by atoms with Crippen LogP contribution in [0.25, 0.3) is 0 Å². The van der Waals surface area contributed by atoms with Gasteiger partial charge in [-0.15, -0.1) is 0 Å². The van der Waals surface area contributed by atoms with E-state index in [4.69, 9.17) is 18.5 Å². The fourth-order valence-corrected chi connectivity index (χ4v) is 7.57. The van der Waals surface area contributed by atoms with E-state index in [-0.39, 0.29) is 26.1 Å². The first kappa shape index (κ1) is 65.7. The maximum Gasteiger partial charge on any atom is 0.306 e. The number of unbranched alkanes of at least 4 members (excludes halogenated alkanes) is 16. The number of ether oxygens (including phenoxy) is 2. The zero-order valence-electron chi connectivity index (χ0n) is 44.5. The summed E-state index contributed by atoms with van der Waals surface area (Å²) in [6.45, 7) is 4.06. The summed E-state index contributed by atoms with van der Waals surface area (Å²) in [4.78, 5) is 37.8. The van der Waals surface area contributed by atoms with Gasteiger partial charge in [0, 0.05) is 12.8 Å². The van der Waals surface area contributed by atoms with Gasteiger partial charge >= 0.3 is 11.9 Å². The van der Waals surface area contributed by atoms with Crippen LogP contribution in [0, 0.1) is 0 Å². The maximum atomic E-state index is 12.8. The summed E-state index contributed by atoms with van der Waals surface area (Å²) >= 11 is 0. The summed E-state index contributed by atoms with van der Waals surface area (Å²) in [5, 5.41) is 0. The highest BCUT2D eigenvalue weighted by Gasteiger charge is 2.21. The smallest absolute Gasteiger partial charge is 0.306 e.